The number of halogens is 3. The topological polar surface area (TPSA) is 99.3 Å². The molecule has 4 N–H and O–H groups in total. The number of imide groups is 1. The highest BCUT2D eigenvalue weighted by atomic mass is 19.4. The second-order valence-electron chi connectivity index (χ2n) is 7.68. The number of urea groups is 1. The van der Waals surface area contributed by atoms with Gasteiger partial charge in [-0.2, -0.15) is 13.2 Å². The zero-order valence-corrected chi connectivity index (χ0v) is 17.2. The minimum atomic E-state index is -4.74. The van der Waals surface area contributed by atoms with Crippen LogP contribution in [0.25, 0.3) is 0 Å². The molecule has 7 nitrogen and oxygen atoms in total. The zero-order valence-electron chi connectivity index (χ0n) is 17.2. The molecular weight excluding hydrogens is 413 g/mol. The summed E-state index contributed by atoms with van der Waals surface area (Å²) < 4.78 is 40.5. The van der Waals surface area contributed by atoms with E-state index in [9.17, 15) is 27.6 Å². The molecule has 0 spiro atoms. The van der Waals surface area contributed by atoms with Crippen molar-refractivity contribution in [1.82, 2.24) is 10.6 Å². The molecular formula is C21H23F3N4O3. The molecule has 2 rings (SSSR count). The van der Waals surface area contributed by atoms with Crippen LogP contribution >= 0.6 is 0 Å². The summed E-state index contributed by atoms with van der Waals surface area (Å²) in [6.45, 7) is 4.57. The van der Waals surface area contributed by atoms with E-state index < -0.39 is 41.7 Å². The number of alkyl halides is 3. The maximum atomic E-state index is 13.5. The van der Waals surface area contributed by atoms with Crippen LogP contribution in [0.5, 0.6) is 0 Å². The lowest BCUT2D eigenvalue weighted by Gasteiger charge is -2.20. The fourth-order valence-corrected chi connectivity index (χ4v) is 2.52. The lowest BCUT2D eigenvalue weighted by atomic mass is 10.1. The van der Waals surface area contributed by atoms with Gasteiger partial charge in [-0.15, -0.1) is 0 Å². The molecule has 10 heteroatoms. The van der Waals surface area contributed by atoms with Gasteiger partial charge in [-0.3, -0.25) is 14.9 Å². The third-order valence-corrected chi connectivity index (χ3v) is 3.80. The molecule has 166 valence electrons. The van der Waals surface area contributed by atoms with Crippen molar-refractivity contribution in [2.45, 2.75) is 32.5 Å². The molecule has 0 saturated heterocycles. The number of anilines is 2. The maximum absolute atomic E-state index is 13.5. The number of carbonyl (C=O) groups excluding carboxylic acids is 3. The van der Waals surface area contributed by atoms with Crippen molar-refractivity contribution in [3.05, 3.63) is 59.7 Å². The number of benzene rings is 2. The molecule has 0 unspecified atom stereocenters. The third kappa shape index (κ3) is 7.65. The second kappa shape index (κ2) is 9.50. The quantitative estimate of drug-likeness (QED) is 0.570. The Labute approximate surface area is 177 Å². The van der Waals surface area contributed by atoms with Gasteiger partial charge in [0.15, 0.2) is 0 Å². The Morgan fingerprint density at radius 1 is 0.935 bits per heavy atom. The van der Waals surface area contributed by atoms with E-state index >= 15 is 0 Å². The smallest absolute Gasteiger partial charge is 0.376 e. The van der Waals surface area contributed by atoms with Crippen molar-refractivity contribution < 1.29 is 27.6 Å². The first-order valence-corrected chi connectivity index (χ1v) is 9.29. The summed E-state index contributed by atoms with van der Waals surface area (Å²) in [5.41, 5.74) is -1.77. The molecule has 0 aromatic heterocycles. The molecule has 31 heavy (non-hydrogen) atoms. The molecule has 0 saturated carbocycles. The van der Waals surface area contributed by atoms with Crippen molar-refractivity contribution in [2.75, 3.05) is 17.2 Å². The second-order valence-corrected chi connectivity index (χ2v) is 7.68. The van der Waals surface area contributed by atoms with Crippen molar-refractivity contribution in [2.24, 2.45) is 0 Å². The van der Waals surface area contributed by atoms with Crippen molar-refractivity contribution >= 4 is 29.2 Å². The lowest BCUT2D eigenvalue weighted by Crippen LogP contribution is -2.49. The number of amides is 4. The largest absolute Gasteiger partial charge is 0.418 e. The van der Waals surface area contributed by atoms with Gasteiger partial charge in [-0.05, 0) is 51.1 Å². The predicted octanol–water partition coefficient (Wildman–Crippen LogP) is 3.99. The maximum Gasteiger partial charge on any atom is 0.418 e. The van der Waals surface area contributed by atoms with Gasteiger partial charge in [-0.25, -0.2) is 4.79 Å². The standard InChI is InChI=1S/C21H23F3N4O3/c1-20(2,3)28-19(31)27-17(29)12-25-16-10-9-14(11-15(16)21(22,23)24)26-18(30)13-7-5-4-6-8-13/h4-11,25H,12H2,1-3H3,(H,26,30)(H2,27,28,29,31). The average Bonchev–Trinajstić information content (AvgIpc) is 2.65. The lowest BCUT2D eigenvalue weighted by molar-refractivity contribution is -0.137. The van der Waals surface area contributed by atoms with Crippen LogP contribution in [0.3, 0.4) is 0 Å². The van der Waals surface area contributed by atoms with E-state index in [1.54, 1.807) is 39.0 Å². The normalized spacial score (nSPS) is 11.4. The highest BCUT2D eigenvalue weighted by Gasteiger charge is 2.34. The third-order valence-electron chi connectivity index (χ3n) is 3.80. The highest BCUT2D eigenvalue weighted by Crippen LogP contribution is 2.36. The summed E-state index contributed by atoms with van der Waals surface area (Å²) >= 11 is 0. The Bertz CT molecular complexity index is 955. The first-order chi connectivity index (χ1) is 14.3. The van der Waals surface area contributed by atoms with E-state index in [1.807, 2.05) is 5.32 Å². The number of rotatable bonds is 5. The molecule has 0 aliphatic heterocycles. The van der Waals surface area contributed by atoms with Gasteiger partial charge in [0.25, 0.3) is 5.91 Å². The van der Waals surface area contributed by atoms with E-state index in [0.29, 0.717) is 5.56 Å². The molecule has 0 bridgehead atoms. The number of hydrogen-bond acceptors (Lipinski definition) is 4. The molecule has 2 aromatic rings. The van der Waals surface area contributed by atoms with Gasteiger partial charge < -0.3 is 16.0 Å². The van der Waals surface area contributed by atoms with Crippen LogP contribution in [-0.2, 0) is 11.0 Å². The number of nitrogens with one attached hydrogen (secondary N) is 4. The summed E-state index contributed by atoms with van der Waals surface area (Å²) in [5.74, 6) is -1.37. The van der Waals surface area contributed by atoms with E-state index in [4.69, 9.17) is 0 Å². The minimum Gasteiger partial charge on any atom is -0.376 e. The molecule has 0 radical (unpaired) electrons. The van der Waals surface area contributed by atoms with Crippen molar-refractivity contribution in [3.63, 3.8) is 0 Å². The zero-order chi connectivity index (χ0) is 23.2. The Kier molecular flexibility index (Phi) is 7.27. The molecule has 0 aliphatic rings. The van der Waals surface area contributed by atoms with E-state index in [-0.39, 0.29) is 11.4 Å². The molecule has 0 aliphatic carbocycles. The van der Waals surface area contributed by atoms with Crippen LogP contribution in [-0.4, -0.2) is 29.9 Å². The highest BCUT2D eigenvalue weighted by molar-refractivity contribution is 6.04. The Balaban J connectivity index is 2.09. The van der Waals surface area contributed by atoms with Gasteiger partial charge in [0, 0.05) is 22.5 Å². The summed E-state index contributed by atoms with van der Waals surface area (Å²) in [6.07, 6.45) is -4.74. The Morgan fingerprint density at radius 2 is 1.58 bits per heavy atom. The van der Waals surface area contributed by atoms with Crippen LogP contribution in [0.1, 0.15) is 36.7 Å². The average molecular weight is 436 g/mol. The summed E-state index contributed by atoms with van der Waals surface area (Å²) in [4.78, 5) is 35.7. The predicted molar refractivity (Wildman–Crippen MR) is 111 cm³/mol. The molecule has 0 heterocycles. The monoisotopic (exact) mass is 436 g/mol. The number of hydrogen-bond donors (Lipinski definition) is 4. The van der Waals surface area contributed by atoms with Gasteiger partial charge in [0.1, 0.15) is 0 Å². The summed E-state index contributed by atoms with van der Waals surface area (Å²) in [5, 5.41) is 9.32. The van der Waals surface area contributed by atoms with Crippen LogP contribution in [0.15, 0.2) is 48.5 Å². The van der Waals surface area contributed by atoms with Crippen molar-refractivity contribution in [1.29, 1.82) is 0 Å². The van der Waals surface area contributed by atoms with Crippen LogP contribution < -0.4 is 21.3 Å². The van der Waals surface area contributed by atoms with E-state index in [1.165, 1.54) is 18.2 Å². The van der Waals surface area contributed by atoms with Crippen LogP contribution in [0.2, 0.25) is 0 Å². The molecule has 4 amide bonds. The first kappa shape index (κ1) is 23.7. The van der Waals surface area contributed by atoms with Crippen LogP contribution in [0, 0.1) is 0 Å². The molecule has 0 fully saturated rings. The van der Waals surface area contributed by atoms with E-state index in [0.717, 1.165) is 12.1 Å². The fourth-order valence-electron chi connectivity index (χ4n) is 2.52. The van der Waals surface area contributed by atoms with Gasteiger partial charge in [-0.1, -0.05) is 18.2 Å². The van der Waals surface area contributed by atoms with E-state index in [2.05, 4.69) is 16.0 Å². The fraction of sp³-hybridized carbons (Fsp3) is 0.286. The minimum absolute atomic E-state index is 0.0549. The van der Waals surface area contributed by atoms with Gasteiger partial charge in [0.05, 0.1) is 12.1 Å². The SMILES string of the molecule is CC(C)(C)NC(=O)NC(=O)CNc1ccc(NC(=O)c2ccccc2)cc1C(F)(F)F. The van der Waals surface area contributed by atoms with Gasteiger partial charge >= 0.3 is 12.2 Å². The molecule has 2 aromatic carbocycles. The summed E-state index contributed by atoms with van der Waals surface area (Å²) in [6, 6.07) is 10.4. The van der Waals surface area contributed by atoms with Gasteiger partial charge in [0.2, 0.25) is 5.91 Å². The van der Waals surface area contributed by atoms with Crippen LogP contribution in [0.4, 0.5) is 29.3 Å². The first-order valence-electron chi connectivity index (χ1n) is 9.29. The number of carbonyl (C=O) groups is 3. The van der Waals surface area contributed by atoms with Crippen molar-refractivity contribution in [3.8, 4) is 0 Å². The Morgan fingerprint density at radius 3 is 2.16 bits per heavy atom. The summed E-state index contributed by atoms with van der Waals surface area (Å²) in [7, 11) is 0. The Hall–Kier alpha value is -3.56. The molecule has 0 atom stereocenters.